The number of rotatable bonds is 5. The minimum Gasteiger partial charge on any atom is -0.296 e. The van der Waals surface area contributed by atoms with E-state index in [1.54, 1.807) is 11.8 Å². The molecule has 118 valence electrons. The Labute approximate surface area is 150 Å². The molecular formula is C15H12ClN3OS3. The van der Waals surface area contributed by atoms with Crippen molar-refractivity contribution >= 4 is 57.1 Å². The normalized spacial score (nSPS) is 10.7. The van der Waals surface area contributed by atoms with Crippen LogP contribution in [0.25, 0.3) is 0 Å². The van der Waals surface area contributed by atoms with Gasteiger partial charge >= 0.3 is 0 Å². The molecule has 0 spiro atoms. The lowest BCUT2D eigenvalue weighted by molar-refractivity contribution is 0.103. The van der Waals surface area contributed by atoms with Crippen molar-refractivity contribution in [3.8, 4) is 0 Å². The summed E-state index contributed by atoms with van der Waals surface area (Å²) in [6.45, 7) is 1.96. The van der Waals surface area contributed by atoms with Crippen LogP contribution in [0.15, 0.2) is 40.1 Å². The van der Waals surface area contributed by atoms with Gasteiger partial charge in [-0.3, -0.25) is 10.1 Å². The van der Waals surface area contributed by atoms with E-state index in [0.717, 1.165) is 20.5 Å². The largest absolute Gasteiger partial charge is 0.296 e. The van der Waals surface area contributed by atoms with Crippen molar-refractivity contribution < 1.29 is 4.79 Å². The molecule has 1 N–H and O–H groups in total. The van der Waals surface area contributed by atoms with E-state index in [2.05, 4.69) is 15.5 Å². The van der Waals surface area contributed by atoms with Crippen LogP contribution in [0.1, 0.15) is 20.8 Å². The maximum atomic E-state index is 12.1. The highest BCUT2D eigenvalue weighted by Crippen LogP contribution is 2.30. The number of hydrogen-bond donors (Lipinski definition) is 1. The fraction of sp³-hybridized carbons (Fsp3) is 0.133. The molecule has 0 aliphatic carbocycles. The third-order valence-corrected chi connectivity index (χ3v) is 6.33. The smallest absolute Gasteiger partial charge is 0.267 e. The van der Waals surface area contributed by atoms with Crippen LogP contribution in [-0.4, -0.2) is 16.1 Å². The molecule has 3 rings (SSSR count). The second kappa shape index (κ2) is 7.44. The van der Waals surface area contributed by atoms with Crippen LogP contribution in [-0.2, 0) is 5.75 Å². The highest BCUT2D eigenvalue weighted by atomic mass is 35.5. The highest BCUT2D eigenvalue weighted by molar-refractivity contribution is 8.00. The first-order valence-electron chi connectivity index (χ1n) is 6.68. The van der Waals surface area contributed by atoms with E-state index >= 15 is 0 Å². The van der Waals surface area contributed by atoms with Crippen molar-refractivity contribution in [1.82, 2.24) is 10.2 Å². The molecule has 4 nitrogen and oxygen atoms in total. The molecule has 3 aromatic rings. The Hall–Kier alpha value is -1.41. The van der Waals surface area contributed by atoms with E-state index in [1.165, 1.54) is 22.7 Å². The van der Waals surface area contributed by atoms with E-state index < -0.39 is 0 Å². The number of hydrogen-bond acceptors (Lipinski definition) is 6. The molecule has 0 unspecified atom stereocenters. The Balaban J connectivity index is 1.60. The number of amides is 1. The Morgan fingerprint density at radius 3 is 2.91 bits per heavy atom. The monoisotopic (exact) mass is 381 g/mol. The molecule has 0 saturated carbocycles. The number of thioether (sulfide) groups is 1. The summed E-state index contributed by atoms with van der Waals surface area (Å²) in [6, 6.07) is 9.57. The van der Waals surface area contributed by atoms with Gasteiger partial charge in [-0.1, -0.05) is 52.9 Å². The summed E-state index contributed by atoms with van der Waals surface area (Å²) in [5.74, 6) is 0.564. The highest BCUT2D eigenvalue weighted by Gasteiger charge is 2.12. The van der Waals surface area contributed by atoms with Crippen LogP contribution in [0.5, 0.6) is 0 Å². The van der Waals surface area contributed by atoms with E-state index in [9.17, 15) is 4.79 Å². The number of nitrogens with one attached hydrogen (secondary N) is 1. The predicted molar refractivity (Wildman–Crippen MR) is 97.9 cm³/mol. The fourth-order valence-corrected chi connectivity index (χ4v) is 4.61. The number of nitrogens with zero attached hydrogens (tertiary/aromatic N) is 2. The Morgan fingerprint density at radius 2 is 2.17 bits per heavy atom. The number of benzene rings is 1. The first-order valence-corrected chi connectivity index (χ1v) is 9.74. The zero-order chi connectivity index (χ0) is 16.2. The number of aromatic nitrogens is 2. The number of aryl methyl sites for hydroxylation is 1. The van der Waals surface area contributed by atoms with Crippen molar-refractivity contribution in [2.45, 2.75) is 17.0 Å². The number of carbonyl (C=O) groups excluding carboxylic acids is 1. The average Bonchev–Trinajstić information content (AvgIpc) is 3.15. The first kappa shape index (κ1) is 16.4. The van der Waals surface area contributed by atoms with Gasteiger partial charge in [0, 0.05) is 10.8 Å². The van der Waals surface area contributed by atoms with Crippen LogP contribution < -0.4 is 5.32 Å². The Morgan fingerprint density at radius 1 is 1.35 bits per heavy atom. The third kappa shape index (κ3) is 4.32. The van der Waals surface area contributed by atoms with Crippen molar-refractivity contribution in [2.24, 2.45) is 0 Å². The van der Waals surface area contributed by atoms with Crippen LogP contribution in [0.4, 0.5) is 5.13 Å². The van der Waals surface area contributed by atoms with Crippen LogP contribution in [0, 0.1) is 6.92 Å². The van der Waals surface area contributed by atoms with Gasteiger partial charge in [0.05, 0.1) is 4.88 Å². The van der Waals surface area contributed by atoms with Crippen molar-refractivity contribution in [2.75, 3.05) is 5.32 Å². The van der Waals surface area contributed by atoms with Gasteiger partial charge in [0.25, 0.3) is 5.91 Å². The second-order valence-corrected chi connectivity index (χ2v) is 8.21. The summed E-state index contributed by atoms with van der Waals surface area (Å²) in [4.78, 5) is 12.7. The van der Waals surface area contributed by atoms with Gasteiger partial charge in [-0.2, -0.15) is 0 Å². The van der Waals surface area contributed by atoms with Gasteiger partial charge < -0.3 is 0 Å². The van der Waals surface area contributed by atoms with E-state index in [1.807, 2.05) is 42.6 Å². The summed E-state index contributed by atoms with van der Waals surface area (Å²) >= 11 is 10.5. The van der Waals surface area contributed by atoms with Crippen molar-refractivity contribution in [1.29, 1.82) is 0 Å². The zero-order valence-corrected chi connectivity index (χ0v) is 15.3. The minimum absolute atomic E-state index is 0.151. The molecule has 23 heavy (non-hydrogen) atoms. The van der Waals surface area contributed by atoms with Crippen molar-refractivity contribution in [3.63, 3.8) is 0 Å². The Kier molecular flexibility index (Phi) is 5.32. The first-order chi connectivity index (χ1) is 11.1. The number of carbonyl (C=O) groups is 1. The lowest BCUT2D eigenvalue weighted by atomic mass is 10.2. The molecule has 1 aromatic carbocycles. The van der Waals surface area contributed by atoms with Gasteiger partial charge in [0.2, 0.25) is 5.13 Å². The van der Waals surface area contributed by atoms with E-state index in [4.69, 9.17) is 11.6 Å². The summed E-state index contributed by atoms with van der Waals surface area (Å²) in [6.07, 6.45) is 0. The Bertz CT molecular complexity index is 831. The molecule has 0 aliphatic heterocycles. The van der Waals surface area contributed by atoms with Gasteiger partial charge in [-0.05, 0) is 35.6 Å². The SMILES string of the molecule is Cc1csc(C(=O)Nc2nnc(SCc3ccccc3Cl)s2)c1. The predicted octanol–water partition coefficient (Wildman–Crippen LogP) is 5.11. The van der Waals surface area contributed by atoms with Gasteiger partial charge in [0.1, 0.15) is 0 Å². The molecule has 0 saturated heterocycles. The standard InChI is InChI=1S/C15H12ClN3OS3/c1-9-6-12(21-7-9)13(20)17-14-18-19-15(23-14)22-8-10-4-2-3-5-11(10)16/h2-7H,8H2,1H3,(H,17,18,20). The second-order valence-electron chi connectivity index (χ2n) is 4.70. The number of thiophene rings is 1. The average molecular weight is 382 g/mol. The summed E-state index contributed by atoms with van der Waals surface area (Å²) < 4.78 is 0.794. The summed E-state index contributed by atoms with van der Waals surface area (Å²) in [5, 5.41) is 14.1. The van der Waals surface area contributed by atoms with Gasteiger partial charge in [-0.15, -0.1) is 21.5 Å². The summed E-state index contributed by atoms with van der Waals surface area (Å²) in [5.41, 5.74) is 2.13. The quantitative estimate of drug-likeness (QED) is 0.493. The third-order valence-electron chi connectivity index (χ3n) is 2.89. The van der Waals surface area contributed by atoms with Gasteiger partial charge in [0.15, 0.2) is 4.34 Å². The van der Waals surface area contributed by atoms with Crippen molar-refractivity contribution in [3.05, 3.63) is 56.7 Å². The maximum Gasteiger partial charge on any atom is 0.267 e. The van der Waals surface area contributed by atoms with Crippen LogP contribution in [0.2, 0.25) is 5.02 Å². The maximum absolute atomic E-state index is 12.1. The number of halogens is 1. The molecule has 0 bridgehead atoms. The number of anilines is 1. The molecule has 2 aromatic heterocycles. The van der Waals surface area contributed by atoms with Crippen LogP contribution in [0.3, 0.4) is 0 Å². The molecule has 8 heteroatoms. The molecule has 0 fully saturated rings. The van der Waals surface area contributed by atoms with Crippen LogP contribution >= 0.6 is 46.0 Å². The zero-order valence-electron chi connectivity index (χ0n) is 12.1. The molecule has 0 radical (unpaired) electrons. The van der Waals surface area contributed by atoms with E-state index in [-0.39, 0.29) is 5.91 Å². The molecule has 0 atom stereocenters. The lowest BCUT2D eigenvalue weighted by Crippen LogP contribution is -2.09. The lowest BCUT2D eigenvalue weighted by Gasteiger charge is -2.00. The topological polar surface area (TPSA) is 54.9 Å². The molecule has 2 heterocycles. The molecule has 1 amide bonds. The van der Waals surface area contributed by atoms with Gasteiger partial charge in [-0.25, -0.2) is 0 Å². The fourth-order valence-electron chi connectivity index (χ4n) is 1.78. The molecular weight excluding hydrogens is 370 g/mol. The molecule has 0 aliphatic rings. The minimum atomic E-state index is -0.151. The van der Waals surface area contributed by atoms with E-state index in [0.29, 0.717) is 15.8 Å². The summed E-state index contributed by atoms with van der Waals surface area (Å²) in [7, 11) is 0.